The van der Waals surface area contributed by atoms with Crippen molar-refractivity contribution in [1.29, 1.82) is 0 Å². The van der Waals surface area contributed by atoms with E-state index in [1.807, 2.05) is 0 Å². The number of benzene rings is 1. The molecular formula is C16H25NO. The van der Waals surface area contributed by atoms with Crippen LogP contribution in [0.2, 0.25) is 0 Å². The molecule has 0 radical (unpaired) electrons. The minimum Gasteiger partial charge on any atom is -0.490 e. The molecule has 2 nitrogen and oxygen atoms in total. The average Bonchev–Trinajstić information content (AvgIpc) is 2.42. The van der Waals surface area contributed by atoms with Gasteiger partial charge in [0.25, 0.3) is 0 Å². The van der Waals surface area contributed by atoms with Crippen LogP contribution in [0.5, 0.6) is 5.75 Å². The Labute approximate surface area is 111 Å². The summed E-state index contributed by atoms with van der Waals surface area (Å²) >= 11 is 0. The number of nitrogens with two attached hydrogens (primary N) is 1. The average molecular weight is 247 g/mol. The fraction of sp³-hybridized carbons (Fsp3) is 0.625. The van der Waals surface area contributed by atoms with Gasteiger partial charge in [-0.3, -0.25) is 0 Å². The molecule has 1 fully saturated rings. The second kappa shape index (κ2) is 6.79. The number of rotatable bonds is 5. The van der Waals surface area contributed by atoms with Crippen molar-refractivity contribution in [3.63, 3.8) is 0 Å². The molecule has 1 aliphatic carbocycles. The smallest absolute Gasteiger partial charge is 0.119 e. The Balaban J connectivity index is 1.86. The minimum absolute atomic E-state index is 0.273. The van der Waals surface area contributed by atoms with Gasteiger partial charge in [0.15, 0.2) is 0 Å². The van der Waals surface area contributed by atoms with E-state index in [-0.39, 0.29) is 6.04 Å². The van der Waals surface area contributed by atoms with Gasteiger partial charge in [-0.1, -0.05) is 25.5 Å². The summed E-state index contributed by atoms with van der Waals surface area (Å²) in [5.74, 6) is 1.01. The van der Waals surface area contributed by atoms with Gasteiger partial charge in [-0.25, -0.2) is 0 Å². The van der Waals surface area contributed by atoms with E-state index in [1.165, 1.54) is 37.7 Å². The van der Waals surface area contributed by atoms with Crippen molar-refractivity contribution in [3.8, 4) is 5.75 Å². The molecule has 2 heteroatoms. The molecule has 1 atom stereocenters. The van der Waals surface area contributed by atoms with Crippen molar-refractivity contribution in [2.45, 2.75) is 64.0 Å². The first-order valence-electron chi connectivity index (χ1n) is 7.29. The van der Waals surface area contributed by atoms with E-state index in [0.29, 0.717) is 6.10 Å². The highest BCUT2D eigenvalue weighted by molar-refractivity contribution is 5.28. The molecule has 0 spiro atoms. The normalized spacial score (nSPS) is 18.6. The van der Waals surface area contributed by atoms with Crippen molar-refractivity contribution < 1.29 is 4.74 Å². The molecule has 0 heterocycles. The van der Waals surface area contributed by atoms with Gasteiger partial charge >= 0.3 is 0 Å². The van der Waals surface area contributed by atoms with Gasteiger partial charge in [-0.2, -0.15) is 0 Å². The van der Waals surface area contributed by atoms with Gasteiger partial charge in [0, 0.05) is 6.04 Å². The molecule has 1 unspecified atom stereocenters. The van der Waals surface area contributed by atoms with Crippen LogP contribution in [0.15, 0.2) is 24.3 Å². The van der Waals surface area contributed by atoms with Crippen LogP contribution < -0.4 is 10.5 Å². The molecule has 18 heavy (non-hydrogen) atoms. The second-order valence-corrected chi connectivity index (χ2v) is 5.39. The number of hydrogen-bond donors (Lipinski definition) is 1. The van der Waals surface area contributed by atoms with Crippen LogP contribution in [0.1, 0.15) is 51.0 Å². The Bertz CT molecular complexity index is 341. The first-order chi connectivity index (χ1) is 8.78. The Morgan fingerprint density at radius 3 is 2.44 bits per heavy atom. The molecule has 0 bridgehead atoms. The van der Waals surface area contributed by atoms with Crippen LogP contribution in [0.25, 0.3) is 0 Å². The predicted octanol–water partition coefficient (Wildman–Crippen LogP) is 3.68. The summed E-state index contributed by atoms with van der Waals surface area (Å²) in [4.78, 5) is 0. The molecule has 1 aromatic carbocycles. The highest BCUT2D eigenvalue weighted by atomic mass is 16.5. The lowest BCUT2D eigenvalue weighted by atomic mass is 9.98. The van der Waals surface area contributed by atoms with Crippen molar-refractivity contribution in [3.05, 3.63) is 29.8 Å². The zero-order valence-corrected chi connectivity index (χ0v) is 11.4. The fourth-order valence-corrected chi connectivity index (χ4v) is 2.53. The highest BCUT2D eigenvalue weighted by Crippen LogP contribution is 2.23. The zero-order chi connectivity index (χ0) is 12.8. The predicted molar refractivity (Wildman–Crippen MR) is 75.9 cm³/mol. The summed E-state index contributed by atoms with van der Waals surface area (Å²) in [6.45, 7) is 2.13. The first kappa shape index (κ1) is 13.4. The van der Waals surface area contributed by atoms with Crippen molar-refractivity contribution in [2.75, 3.05) is 0 Å². The summed E-state index contributed by atoms with van der Waals surface area (Å²) in [6.07, 6.45) is 8.84. The second-order valence-electron chi connectivity index (χ2n) is 5.39. The van der Waals surface area contributed by atoms with Gasteiger partial charge in [-0.15, -0.1) is 0 Å². The molecule has 0 aliphatic heterocycles. The summed E-state index contributed by atoms with van der Waals surface area (Å²) in [5.41, 5.74) is 7.27. The van der Waals surface area contributed by atoms with E-state index in [4.69, 9.17) is 10.5 Å². The van der Waals surface area contributed by atoms with Crippen LogP contribution in [0, 0.1) is 0 Å². The molecule has 2 N–H and O–H groups in total. The van der Waals surface area contributed by atoms with Gasteiger partial charge < -0.3 is 10.5 Å². The van der Waals surface area contributed by atoms with E-state index in [0.717, 1.165) is 18.6 Å². The number of ether oxygens (including phenoxy) is 1. The first-order valence-corrected chi connectivity index (χ1v) is 7.29. The molecule has 1 aromatic rings. The largest absolute Gasteiger partial charge is 0.490 e. The van der Waals surface area contributed by atoms with Crippen molar-refractivity contribution in [1.82, 2.24) is 0 Å². The van der Waals surface area contributed by atoms with Gasteiger partial charge in [0.05, 0.1) is 6.10 Å². The standard InChI is InChI=1S/C16H25NO/c1-2-14(17)12-13-8-10-16(11-9-13)18-15-6-4-3-5-7-15/h8-11,14-15H,2-7,12,17H2,1H3. The monoisotopic (exact) mass is 247 g/mol. The maximum atomic E-state index is 6.01. The quantitative estimate of drug-likeness (QED) is 0.861. The molecule has 0 aromatic heterocycles. The van der Waals surface area contributed by atoms with Crippen LogP contribution >= 0.6 is 0 Å². The lowest BCUT2D eigenvalue weighted by Crippen LogP contribution is -2.21. The van der Waals surface area contributed by atoms with Crippen LogP contribution in [0.4, 0.5) is 0 Å². The Hall–Kier alpha value is -1.02. The molecule has 2 rings (SSSR count). The van der Waals surface area contributed by atoms with E-state index in [9.17, 15) is 0 Å². The zero-order valence-electron chi connectivity index (χ0n) is 11.4. The van der Waals surface area contributed by atoms with E-state index in [1.54, 1.807) is 0 Å². The van der Waals surface area contributed by atoms with Gasteiger partial charge in [0.2, 0.25) is 0 Å². The molecule has 1 aliphatic rings. The molecular weight excluding hydrogens is 222 g/mol. The molecule has 0 saturated heterocycles. The lowest BCUT2D eigenvalue weighted by molar-refractivity contribution is 0.155. The summed E-state index contributed by atoms with van der Waals surface area (Å²) < 4.78 is 6.01. The maximum absolute atomic E-state index is 6.01. The highest BCUT2D eigenvalue weighted by Gasteiger charge is 2.14. The third-order valence-electron chi connectivity index (χ3n) is 3.80. The van der Waals surface area contributed by atoms with E-state index >= 15 is 0 Å². The summed E-state index contributed by atoms with van der Waals surface area (Å²) in [5, 5.41) is 0. The van der Waals surface area contributed by atoms with Gasteiger partial charge in [-0.05, 0) is 56.2 Å². The Morgan fingerprint density at radius 2 is 1.83 bits per heavy atom. The summed E-state index contributed by atoms with van der Waals surface area (Å²) in [7, 11) is 0. The van der Waals surface area contributed by atoms with Crippen molar-refractivity contribution >= 4 is 0 Å². The molecule has 100 valence electrons. The van der Waals surface area contributed by atoms with Crippen LogP contribution in [-0.4, -0.2) is 12.1 Å². The molecule has 1 saturated carbocycles. The Kier molecular flexibility index (Phi) is 5.06. The van der Waals surface area contributed by atoms with Crippen LogP contribution in [-0.2, 0) is 6.42 Å². The Morgan fingerprint density at radius 1 is 1.17 bits per heavy atom. The SMILES string of the molecule is CCC(N)Cc1ccc(OC2CCCCC2)cc1. The van der Waals surface area contributed by atoms with E-state index in [2.05, 4.69) is 31.2 Å². The van der Waals surface area contributed by atoms with Gasteiger partial charge in [0.1, 0.15) is 5.75 Å². The van der Waals surface area contributed by atoms with Crippen molar-refractivity contribution in [2.24, 2.45) is 5.73 Å². The summed E-state index contributed by atoms with van der Waals surface area (Å²) in [6, 6.07) is 8.75. The third-order valence-corrected chi connectivity index (χ3v) is 3.80. The molecule has 0 amide bonds. The lowest BCUT2D eigenvalue weighted by Gasteiger charge is -2.23. The maximum Gasteiger partial charge on any atom is 0.119 e. The minimum atomic E-state index is 0.273. The van der Waals surface area contributed by atoms with Crippen LogP contribution in [0.3, 0.4) is 0 Å². The fourth-order valence-electron chi connectivity index (χ4n) is 2.53. The van der Waals surface area contributed by atoms with E-state index < -0.39 is 0 Å². The topological polar surface area (TPSA) is 35.2 Å². The number of hydrogen-bond acceptors (Lipinski definition) is 2. The third kappa shape index (κ3) is 4.02.